The van der Waals surface area contributed by atoms with Crippen LogP contribution in [0.2, 0.25) is 0 Å². The van der Waals surface area contributed by atoms with Crippen molar-refractivity contribution in [3.63, 3.8) is 0 Å². The highest BCUT2D eigenvalue weighted by molar-refractivity contribution is 7.81. The Labute approximate surface area is 133 Å². The first-order chi connectivity index (χ1) is 9.45. The maximum absolute atomic E-state index is 8.87. The van der Waals surface area contributed by atoms with Gasteiger partial charge in [-0.15, -0.1) is 0 Å². The smallest absolute Gasteiger partial charge is 0.121 e. The van der Waals surface area contributed by atoms with Crippen molar-refractivity contribution in [1.82, 2.24) is 0 Å². The topological polar surface area (TPSA) is 35.8 Å². The number of thiocarbonyl (C=S) groups is 1. The number of hydrogen-bond donors (Lipinski definition) is 1. The van der Waals surface area contributed by atoms with Gasteiger partial charge in [-0.05, 0) is 34.1 Å². The summed E-state index contributed by atoms with van der Waals surface area (Å²) in [5.74, 6) is 0. The van der Waals surface area contributed by atoms with Crippen LogP contribution in [0.15, 0.2) is 30.4 Å². The van der Waals surface area contributed by atoms with Gasteiger partial charge in [0.25, 0.3) is 0 Å². The van der Waals surface area contributed by atoms with E-state index < -0.39 is 0 Å². The third-order valence-corrected chi connectivity index (χ3v) is 3.68. The van der Waals surface area contributed by atoms with Crippen LogP contribution in [-0.4, -0.2) is 4.99 Å². The maximum atomic E-state index is 8.87. The largest absolute Gasteiger partial charge is 0.346 e. The van der Waals surface area contributed by atoms with E-state index in [2.05, 4.69) is 71.6 Å². The normalized spacial score (nSPS) is 11.7. The van der Waals surface area contributed by atoms with E-state index in [1.807, 2.05) is 6.07 Å². The van der Waals surface area contributed by atoms with Crippen molar-refractivity contribution >= 4 is 22.9 Å². The predicted octanol–water partition coefficient (Wildman–Crippen LogP) is 5.10. The molecule has 0 atom stereocenters. The van der Waals surface area contributed by atoms with E-state index in [-0.39, 0.29) is 16.4 Å². The minimum Gasteiger partial charge on any atom is -0.346 e. The standard InChI is InChI=1S/C18H24N2S/c1-12(11-19)16(21)20-15-9-13(17(2,3)4)8-14(10-15)18(5,6)7/h8-10H,1H2,2-7H3,(H,20,21). The summed E-state index contributed by atoms with van der Waals surface area (Å²) in [5, 5.41) is 12.0. The molecule has 0 spiro atoms. The molecule has 2 nitrogen and oxygen atoms in total. The summed E-state index contributed by atoms with van der Waals surface area (Å²) < 4.78 is 0. The minimum absolute atomic E-state index is 0.0472. The Bertz CT molecular complexity index is 575. The summed E-state index contributed by atoms with van der Waals surface area (Å²) in [4.78, 5) is 0.378. The van der Waals surface area contributed by atoms with Crippen molar-refractivity contribution in [3.8, 4) is 6.07 Å². The van der Waals surface area contributed by atoms with Gasteiger partial charge in [0.1, 0.15) is 11.1 Å². The Morgan fingerprint density at radius 1 is 1.05 bits per heavy atom. The van der Waals surface area contributed by atoms with Gasteiger partial charge in [-0.25, -0.2) is 0 Å². The van der Waals surface area contributed by atoms with Gasteiger partial charge in [0, 0.05) is 5.69 Å². The minimum atomic E-state index is 0.0472. The highest BCUT2D eigenvalue weighted by atomic mass is 32.1. The lowest BCUT2D eigenvalue weighted by molar-refractivity contribution is 0.569. The fraction of sp³-hybridized carbons (Fsp3) is 0.444. The second-order valence-corrected chi connectivity index (χ2v) is 7.75. The summed E-state index contributed by atoms with van der Waals surface area (Å²) in [6.45, 7) is 16.8. The number of hydrogen-bond acceptors (Lipinski definition) is 2. The third-order valence-electron chi connectivity index (χ3n) is 3.33. The molecule has 0 aliphatic rings. The van der Waals surface area contributed by atoms with Gasteiger partial charge < -0.3 is 5.32 Å². The van der Waals surface area contributed by atoms with Crippen LogP contribution in [0.25, 0.3) is 0 Å². The molecule has 0 unspecified atom stereocenters. The quantitative estimate of drug-likeness (QED) is 0.469. The predicted molar refractivity (Wildman–Crippen MR) is 94.8 cm³/mol. The molecule has 112 valence electrons. The molecule has 0 aliphatic heterocycles. The Kier molecular flexibility index (Phi) is 4.96. The number of nitrogens with one attached hydrogen (secondary N) is 1. The molecule has 1 aromatic rings. The second-order valence-electron chi connectivity index (χ2n) is 7.34. The molecule has 3 heteroatoms. The molecule has 0 aromatic heterocycles. The van der Waals surface area contributed by atoms with Crippen LogP contribution in [0.4, 0.5) is 5.69 Å². The molecular weight excluding hydrogens is 276 g/mol. The number of nitriles is 1. The Hall–Kier alpha value is -1.66. The summed E-state index contributed by atoms with van der Waals surface area (Å²) in [6, 6.07) is 8.40. The molecule has 0 amide bonds. The van der Waals surface area contributed by atoms with Crippen LogP contribution in [0.5, 0.6) is 0 Å². The Morgan fingerprint density at radius 3 is 1.81 bits per heavy atom. The lowest BCUT2D eigenvalue weighted by Gasteiger charge is -2.26. The van der Waals surface area contributed by atoms with E-state index in [9.17, 15) is 0 Å². The number of rotatable bonds is 2. The van der Waals surface area contributed by atoms with E-state index >= 15 is 0 Å². The van der Waals surface area contributed by atoms with Crippen LogP contribution in [-0.2, 0) is 10.8 Å². The van der Waals surface area contributed by atoms with E-state index in [1.54, 1.807) is 0 Å². The number of anilines is 1. The number of nitrogens with zero attached hydrogens (tertiary/aromatic N) is 1. The lowest BCUT2D eigenvalue weighted by Crippen LogP contribution is -2.18. The lowest BCUT2D eigenvalue weighted by atomic mass is 9.80. The van der Waals surface area contributed by atoms with E-state index in [0.717, 1.165) is 5.69 Å². The molecule has 21 heavy (non-hydrogen) atoms. The van der Waals surface area contributed by atoms with Crippen LogP contribution in [0.1, 0.15) is 52.7 Å². The zero-order valence-electron chi connectivity index (χ0n) is 13.8. The van der Waals surface area contributed by atoms with E-state index in [0.29, 0.717) is 4.99 Å². The van der Waals surface area contributed by atoms with Crippen molar-refractivity contribution < 1.29 is 0 Å². The van der Waals surface area contributed by atoms with Gasteiger partial charge in [-0.2, -0.15) is 5.26 Å². The zero-order chi connectivity index (χ0) is 16.4. The van der Waals surface area contributed by atoms with Gasteiger partial charge in [0.2, 0.25) is 0 Å². The van der Waals surface area contributed by atoms with Crippen LogP contribution >= 0.6 is 12.2 Å². The third kappa shape index (κ3) is 4.68. The molecule has 0 bridgehead atoms. The van der Waals surface area contributed by atoms with Crippen molar-refractivity contribution in [3.05, 3.63) is 41.5 Å². The molecule has 1 rings (SSSR count). The van der Waals surface area contributed by atoms with E-state index in [1.165, 1.54) is 11.1 Å². The Morgan fingerprint density at radius 2 is 1.48 bits per heavy atom. The molecule has 0 saturated heterocycles. The van der Waals surface area contributed by atoms with Crippen molar-refractivity contribution in [2.24, 2.45) is 0 Å². The summed E-state index contributed by atoms with van der Waals surface area (Å²) in [6.07, 6.45) is 0. The molecule has 1 N–H and O–H groups in total. The molecule has 0 radical (unpaired) electrons. The van der Waals surface area contributed by atoms with Crippen molar-refractivity contribution in [2.75, 3.05) is 5.32 Å². The molecule has 0 heterocycles. The van der Waals surface area contributed by atoms with Gasteiger partial charge >= 0.3 is 0 Å². The number of benzene rings is 1. The molecule has 1 aromatic carbocycles. The average Bonchev–Trinajstić information content (AvgIpc) is 2.35. The fourth-order valence-corrected chi connectivity index (χ4v) is 1.99. The fourth-order valence-electron chi connectivity index (χ4n) is 1.82. The second kappa shape index (κ2) is 5.99. The highest BCUT2D eigenvalue weighted by Crippen LogP contribution is 2.32. The average molecular weight is 300 g/mol. The monoisotopic (exact) mass is 300 g/mol. The summed E-state index contributed by atoms with van der Waals surface area (Å²) in [7, 11) is 0. The van der Waals surface area contributed by atoms with Crippen LogP contribution < -0.4 is 5.32 Å². The first-order valence-electron chi connectivity index (χ1n) is 7.01. The van der Waals surface area contributed by atoms with Gasteiger partial charge in [0.05, 0.1) is 5.57 Å². The summed E-state index contributed by atoms with van der Waals surface area (Å²) in [5.41, 5.74) is 3.76. The molecule has 0 aliphatic carbocycles. The van der Waals surface area contributed by atoms with Crippen LogP contribution in [0, 0.1) is 11.3 Å². The molecule has 0 saturated carbocycles. The first kappa shape index (κ1) is 17.4. The first-order valence-corrected chi connectivity index (χ1v) is 7.42. The van der Waals surface area contributed by atoms with E-state index in [4.69, 9.17) is 17.5 Å². The zero-order valence-corrected chi connectivity index (χ0v) is 14.6. The Balaban J connectivity index is 3.30. The van der Waals surface area contributed by atoms with Crippen molar-refractivity contribution in [2.45, 2.75) is 52.4 Å². The van der Waals surface area contributed by atoms with Gasteiger partial charge in [-0.1, -0.05) is 66.4 Å². The molecular formula is C18H24N2S. The van der Waals surface area contributed by atoms with Crippen LogP contribution in [0.3, 0.4) is 0 Å². The van der Waals surface area contributed by atoms with Crippen molar-refractivity contribution in [1.29, 1.82) is 5.26 Å². The SMILES string of the molecule is C=C(C#N)C(=S)Nc1cc(C(C)(C)C)cc(C(C)(C)C)c1. The van der Waals surface area contributed by atoms with Gasteiger partial charge in [0.15, 0.2) is 0 Å². The molecule has 0 fully saturated rings. The van der Waals surface area contributed by atoms with Gasteiger partial charge in [-0.3, -0.25) is 0 Å². The summed E-state index contributed by atoms with van der Waals surface area (Å²) >= 11 is 5.20. The maximum Gasteiger partial charge on any atom is 0.121 e. The highest BCUT2D eigenvalue weighted by Gasteiger charge is 2.20.